The first-order valence-corrected chi connectivity index (χ1v) is 15.2. The van der Waals surface area contributed by atoms with Crippen molar-refractivity contribution in [1.29, 1.82) is 0 Å². The average molecular weight is 599 g/mol. The number of benzene rings is 1. The van der Waals surface area contributed by atoms with Crippen LogP contribution in [0, 0.1) is 0 Å². The number of halogens is 3. The number of hydrogen-bond donors (Lipinski definition) is 0. The number of sulfonamides is 1. The van der Waals surface area contributed by atoms with E-state index in [1.807, 2.05) is 0 Å². The third kappa shape index (κ3) is 7.41. The van der Waals surface area contributed by atoms with Gasteiger partial charge in [-0.3, -0.25) is 9.78 Å². The lowest BCUT2D eigenvalue weighted by atomic mass is 10.1. The second-order valence-electron chi connectivity index (χ2n) is 8.56. The third-order valence-electron chi connectivity index (χ3n) is 5.72. The Balaban J connectivity index is 1.20. The summed E-state index contributed by atoms with van der Waals surface area (Å²) in [5.74, 6) is 1.02. The first-order valence-electron chi connectivity index (χ1n) is 11.9. The summed E-state index contributed by atoms with van der Waals surface area (Å²) in [5, 5.41) is 2.36. The molecule has 0 N–H and O–H groups in total. The lowest BCUT2D eigenvalue weighted by Gasteiger charge is -2.15. The summed E-state index contributed by atoms with van der Waals surface area (Å²) in [6.45, 7) is 0.212. The number of unbranched alkanes of at least 4 members (excludes halogenated alkanes) is 2. The van der Waals surface area contributed by atoms with E-state index in [-0.39, 0.29) is 22.3 Å². The first kappa shape index (κ1) is 29.1. The van der Waals surface area contributed by atoms with Gasteiger partial charge in [0.15, 0.2) is 0 Å². The van der Waals surface area contributed by atoms with E-state index in [0.29, 0.717) is 23.9 Å². The van der Waals surface area contributed by atoms with Gasteiger partial charge in [0.1, 0.15) is 16.2 Å². The van der Waals surface area contributed by atoms with E-state index in [0.717, 1.165) is 51.3 Å². The van der Waals surface area contributed by atoms with Crippen molar-refractivity contribution in [3.8, 4) is 5.75 Å². The van der Waals surface area contributed by atoms with Crippen molar-refractivity contribution in [3.05, 3.63) is 81.9 Å². The van der Waals surface area contributed by atoms with Gasteiger partial charge in [0, 0.05) is 29.6 Å². The van der Waals surface area contributed by atoms with Gasteiger partial charge in [-0.1, -0.05) is 12.1 Å². The van der Waals surface area contributed by atoms with Crippen molar-refractivity contribution in [3.63, 3.8) is 0 Å². The van der Waals surface area contributed by atoms with Crippen molar-refractivity contribution in [2.75, 3.05) is 19.4 Å². The standard InChI is InChI=1S/C26H25F3N2O5S3/c1-31(39(33,34)25-6-5-13-38-25)16-19-15-22(32)23(17-36-19)35-11-3-2-4-12-37-24-9-10-30-21-14-18(26(27,28)29)7-8-20(21)24/h5-10,13-15,17H,2-4,11-12,16H2,1H3. The van der Waals surface area contributed by atoms with Gasteiger partial charge in [0.25, 0.3) is 10.0 Å². The maximum atomic E-state index is 13.0. The van der Waals surface area contributed by atoms with Gasteiger partial charge in [-0.25, -0.2) is 8.42 Å². The zero-order chi connectivity index (χ0) is 28.0. The Bertz CT molecular complexity index is 1570. The molecular weight excluding hydrogens is 573 g/mol. The molecule has 0 radical (unpaired) electrons. The molecule has 1 aromatic carbocycles. The van der Waals surface area contributed by atoms with Gasteiger partial charge in [0.2, 0.25) is 11.2 Å². The smallest absolute Gasteiger partial charge is 0.416 e. The van der Waals surface area contributed by atoms with E-state index in [4.69, 9.17) is 9.15 Å². The molecule has 3 heterocycles. The summed E-state index contributed by atoms with van der Waals surface area (Å²) in [5.41, 5.74) is -0.807. The van der Waals surface area contributed by atoms with Crippen molar-refractivity contribution in [2.45, 2.75) is 41.1 Å². The molecule has 0 saturated heterocycles. The Kier molecular flexibility index (Phi) is 9.36. The molecule has 3 aromatic heterocycles. The van der Waals surface area contributed by atoms with E-state index in [1.54, 1.807) is 29.3 Å². The molecule has 39 heavy (non-hydrogen) atoms. The summed E-state index contributed by atoms with van der Waals surface area (Å²) >= 11 is 2.66. The molecule has 208 valence electrons. The lowest BCUT2D eigenvalue weighted by Crippen LogP contribution is -2.26. The topological polar surface area (TPSA) is 89.7 Å². The highest BCUT2D eigenvalue weighted by molar-refractivity contribution is 7.99. The molecule has 0 atom stereocenters. The van der Waals surface area contributed by atoms with Gasteiger partial charge >= 0.3 is 6.18 Å². The summed E-state index contributed by atoms with van der Waals surface area (Å²) < 4.78 is 76.2. The third-order valence-corrected chi connectivity index (χ3v) is 10.1. The normalized spacial score (nSPS) is 12.3. The van der Waals surface area contributed by atoms with Crippen LogP contribution in [-0.2, 0) is 22.7 Å². The van der Waals surface area contributed by atoms with Gasteiger partial charge in [-0.2, -0.15) is 17.5 Å². The Morgan fingerprint density at radius 3 is 2.67 bits per heavy atom. The summed E-state index contributed by atoms with van der Waals surface area (Å²) in [7, 11) is -2.25. The molecule has 0 aliphatic heterocycles. The van der Waals surface area contributed by atoms with Crippen LogP contribution in [0.5, 0.6) is 5.75 Å². The van der Waals surface area contributed by atoms with Gasteiger partial charge in [-0.05, 0) is 54.7 Å². The number of thiophene rings is 1. The van der Waals surface area contributed by atoms with Crippen LogP contribution in [0.3, 0.4) is 0 Å². The van der Waals surface area contributed by atoms with Crippen LogP contribution in [0.15, 0.2) is 78.6 Å². The highest BCUT2D eigenvalue weighted by Crippen LogP contribution is 2.34. The molecule has 4 aromatic rings. The number of rotatable bonds is 12. The maximum Gasteiger partial charge on any atom is 0.416 e. The molecule has 0 unspecified atom stereocenters. The summed E-state index contributed by atoms with van der Waals surface area (Å²) in [4.78, 5) is 17.3. The highest BCUT2D eigenvalue weighted by atomic mass is 32.2. The number of alkyl halides is 3. The number of fused-ring (bicyclic) bond motifs is 1. The molecular formula is C26H25F3N2O5S3. The Labute approximate surface area is 231 Å². The second kappa shape index (κ2) is 12.5. The highest BCUT2D eigenvalue weighted by Gasteiger charge is 2.30. The van der Waals surface area contributed by atoms with E-state index in [1.165, 1.54) is 37.7 Å². The molecule has 0 fully saturated rings. The van der Waals surface area contributed by atoms with Crippen LogP contribution < -0.4 is 10.2 Å². The molecule has 0 bridgehead atoms. The number of hydrogen-bond acceptors (Lipinski definition) is 8. The number of ether oxygens (including phenoxy) is 1. The number of thioether (sulfide) groups is 1. The van der Waals surface area contributed by atoms with Crippen LogP contribution in [0.2, 0.25) is 0 Å². The van der Waals surface area contributed by atoms with Crippen LogP contribution in [0.1, 0.15) is 30.6 Å². The van der Waals surface area contributed by atoms with Crippen LogP contribution >= 0.6 is 23.1 Å². The van der Waals surface area contributed by atoms with Crippen LogP contribution in [0.25, 0.3) is 10.9 Å². The zero-order valence-electron chi connectivity index (χ0n) is 20.8. The van der Waals surface area contributed by atoms with Gasteiger partial charge in [-0.15, -0.1) is 23.1 Å². The fourth-order valence-electron chi connectivity index (χ4n) is 3.66. The molecule has 0 spiro atoms. The van der Waals surface area contributed by atoms with E-state index >= 15 is 0 Å². The molecule has 0 aliphatic carbocycles. The molecule has 0 amide bonds. The van der Waals surface area contributed by atoms with E-state index < -0.39 is 27.2 Å². The van der Waals surface area contributed by atoms with Crippen molar-refractivity contribution in [2.24, 2.45) is 0 Å². The van der Waals surface area contributed by atoms with E-state index in [9.17, 15) is 26.4 Å². The molecule has 0 aliphatic rings. The SMILES string of the molecule is CN(Cc1cc(=O)c(OCCCCCSc2ccnc3cc(C(F)(F)F)ccc23)co1)S(=O)(=O)c1cccs1. The largest absolute Gasteiger partial charge is 0.487 e. The van der Waals surface area contributed by atoms with E-state index in [2.05, 4.69) is 4.98 Å². The fraction of sp³-hybridized carbons (Fsp3) is 0.308. The molecule has 4 rings (SSSR count). The van der Waals surface area contributed by atoms with Crippen molar-refractivity contribution in [1.82, 2.24) is 9.29 Å². The predicted octanol–water partition coefficient (Wildman–Crippen LogP) is 6.43. The monoisotopic (exact) mass is 598 g/mol. The number of pyridine rings is 1. The second-order valence-corrected chi connectivity index (χ2v) is 12.9. The molecule has 13 heteroatoms. The minimum Gasteiger partial charge on any atom is -0.487 e. The number of aromatic nitrogens is 1. The number of nitrogens with zero attached hydrogens (tertiary/aromatic N) is 2. The average Bonchev–Trinajstić information content (AvgIpc) is 3.44. The minimum atomic E-state index is -4.41. The minimum absolute atomic E-state index is 0.0540. The van der Waals surface area contributed by atoms with Gasteiger partial charge < -0.3 is 9.15 Å². The fourth-order valence-corrected chi connectivity index (χ4v) is 7.06. The first-order chi connectivity index (χ1) is 18.6. The van der Waals surface area contributed by atoms with Crippen molar-refractivity contribution >= 4 is 44.0 Å². The van der Waals surface area contributed by atoms with Crippen molar-refractivity contribution < 1.29 is 30.7 Å². The Morgan fingerprint density at radius 1 is 1.13 bits per heavy atom. The summed E-state index contributed by atoms with van der Waals surface area (Å²) in [6, 6.07) is 9.77. The zero-order valence-corrected chi connectivity index (χ0v) is 23.3. The Hall–Kier alpha value is -2.87. The maximum absolute atomic E-state index is 13.0. The lowest BCUT2D eigenvalue weighted by molar-refractivity contribution is -0.137. The predicted molar refractivity (Wildman–Crippen MR) is 145 cm³/mol. The Morgan fingerprint density at radius 2 is 1.95 bits per heavy atom. The van der Waals surface area contributed by atoms with Crippen LogP contribution in [-0.4, -0.2) is 37.1 Å². The molecule has 0 saturated carbocycles. The van der Waals surface area contributed by atoms with Crippen LogP contribution in [0.4, 0.5) is 13.2 Å². The quantitative estimate of drug-likeness (QED) is 0.137. The molecule has 7 nitrogen and oxygen atoms in total. The summed E-state index contributed by atoms with van der Waals surface area (Å²) in [6.07, 6.45) is 0.651. The van der Waals surface area contributed by atoms with Gasteiger partial charge in [0.05, 0.1) is 24.2 Å².